The Labute approximate surface area is 118 Å². The average molecular weight is 282 g/mol. The maximum absolute atomic E-state index is 13.8. The van der Waals surface area contributed by atoms with Gasteiger partial charge in [0.1, 0.15) is 0 Å². The van der Waals surface area contributed by atoms with Crippen LogP contribution in [0.15, 0.2) is 24.3 Å². The molecule has 0 saturated carbocycles. The minimum atomic E-state index is -0.989. The third kappa shape index (κ3) is 3.50. The van der Waals surface area contributed by atoms with Crippen LogP contribution in [0.25, 0.3) is 0 Å². The number of allylic oxidation sites excluding steroid dienone is 1. The third-order valence-electron chi connectivity index (χ3n) is 3.47. The van der Waals surface area contributed by atoms with Gasteiger partial charge < -0.3 is 9.47 Å². The van der Waals surface area contributed by atoms with Gasteiger partial charge >= 0.3 is 0 Å². The van der Waals surface area contributed by atoms with Gasteiger partial charge in [0.15, 0.2) is 11.5 Å². The van der Waals surface area contributed by atoms with E-state index in [9.17, 15) is 8.78 Å². The Bertz CT molecular complexity index is 486. The number of rotatable bonds is 5. The molecule has 20 heavy (non-hydrogen) atoms. The minimum Gasteiger partial charge on any atom is -0.491 e. The second-order valence-corrected chi connectivity index (χ2v) is 5.13. The van der Waals surface area contributed by atoms with E-state index in [4.69, 9.17) is 9.47 Å². The van der Waals surface area contributed by atoms with Crippen molar-refractivity contribution < 1.29 is 18.3 Å². The summed E-state index contributed by atoms with van der Waals surface area (Å²) in [5.74, 6) is -1.26. The monoisotopic (exact) mass is 282 g/mol. The fourth-order valence-electron chi connectivity index (χ4n) is 2.24. The summed E-state index contributed by atoms with van der Waals surface area (Å²) in [4.78, 5) is 0. The fraction of sp³-hybridized carbons (Fsp3) is 0.500. The Morgan fingerprint density at radius 3 is 2.25 bits per heavy atom. The van der Waals surface area contributed by atoms with Crippen LogP contribution in [0.3, 0.4) is 0 Å². The molecule has 0 radical (unpaired) electrons. The van der Waals surface area contributed by atoms with Gasteiger partial charge in [-0.05, 0) is 37.8 Å². The van der Waals surface area contributed by atoms with Gasteiger partial charge in [0.2, 0.25) is 11.6 Å². The van der Waals surface area contributed by atoms with Crippen molar-refractivity contribution >= 4 is 0 Å². The molecule has 0 saturated heterocycles. The van der Waals surface area contributed by atoms with Gasteiger partial charge in [0, 0.05) is 5.92 Å². The van der Waals surface area contributed by atoms with Gasteiger partial charge in [0.05, 0.1) is 13.2 Å². The molecule has 0 fully saturated rings. The zero-order chi connectivity index (χ0) is 14.5. The predicted octanol–water partition coefficient (Wildman–Crippen LogP) is 4.34. The zero-order valence-corrected chi connectivity index (χ0v) is 11.9. The van der Waals surface area contributed by atoms with Crippen LogP contribution >= 0.6 is 0 Å². The lowest BCUT2D eigenvalue weighted by molar-refractivity contribution is 0.241. The number of ether oxygens (including phenoxy) is 2. The highest BCUT2D eigenvalue weighted by Crippen LogP contribution is 2.29. The highest BCUT2D eigenvalue weighted by Gasteiger charge is 2.18. The Balaban J connectivity index is 2.00. The molecule has 0 N–H and O–H groups in total. The molecule has 2 rings (SSSR count). The molecule has 2 unspecified atom stereocenters. The molecule has 1 aromatic carbocycles. The Kier molecular flexibility index (Phi) is 4.99. The first kappa shape index (κ1) is 14.8. The Hall–Kier alpha value is -1.58. The number of hydrogen-bond acceptors (Lipinski definition) is 2. The molecule has 0 aliphatic heterocycles. The van der Waals surface area contributed by atoms with E-state index in [1.165, 1.54) is 12.1 Å². The van der Waals surface area contributed by atoms with Crippen LogP contribution in [0.4, 0.5) is 8.78 Å². The van der Waals surface area contributed by atoms with Gasteiger partial charge in [-0.3, -0.25) is 0 Å². The second-order valence-electron chi connectivity index (χ2n) is 5.13. The summed E-state index contributed by atoms with van der Waals surface area (Å²) in [7, 11) is 0. The Morgan fingerprint density at radius 1 is 1.05 bits per heavy atom. The van der Waals surface area contributed by atoms with Gasteiger partial charge in [-0.15, -0.1) is 0 Å². The molecule has 4 heteroatoms. The first-order chi connectivity index (χ1) is 9.61. The molecular formula is C16H20F2O2. The normalized spacial score (nSPS) is 21.8. The SMILES string of the molecule is CCOc1ccc(OCC2C=CC(C)CC2)c(F)c1F. The highest BCUT2D eigenvalue weighted by molar-refractivity contribution is 5.35. The molecule has 0 aromatic heterocycles. The van der Waals surface area contributed by atoms with E-state index in [1.54, 1.807) is 6.92 Å². The summed E-state index contributed by atoms with van der Waals surface area (Å²) < 4.78 is 37.9. The summed E-state index contributed by atoms with van der Waals surface area (Å²) in [6.07, 6.45) is 6.35. The first-order valence-electron chi connectivity index (χ1n) is 7.03. The summed E-state index contributed by atoms with van der Waals surface area (Å²) in [5.41, 5.74) is 0. The Morgan fingerprint density at radius 2 is 1.70 bits per heavy atom. The molecule has 1 aliphatic rings. The van der Waals surface area contributed by atoms with E-state index in [0.717, 1.165) is 12.8 Å². The standard InChI is InChI=1S/C16H20F2O2/c1-3-19-13-8-9-14(16(18)15(13)17)20-10-12-6-4-11(2)5-7-12/h4,6,8-9,11-12H,3,5,7,10H2,1-2H3. The molecule has 1 aromatic rings. The van der Waals surface area contributed by atoms with Gasteiger partial charge in [-0.2, -0.15) is 8.78 Å². The van der Waals surface area contributed by atoms with Crippen molar-refractivity contribution in [3.8, 4) is 11.5 Å². The number of hydrogen-bond donors (Lipinski definition) is 0. The quantitative estimate of drug-likeness (QED) is 0.748. The molecular weight excluding hydrogens is 262 g/mol. The molecule has 2 atom stereocenters. The number of halogens is 2. The maximum Gasteiger partial charge on any atom is 0.204 e. The maximum atomic E-state index is 13.8. The van der Waals surface area contributed by atoms with Gasteiger partial charge in [0.25, 0.3) is 0 Å². The topological polar surface area (TPSA) is 18.5 Å². The summed E-state index contributed by atoms with van der Waals surface area (Å²) in [6, 6.07) is 2.81. The average Bonchev–Trinajstić information content (AvgIpc) is 2.45. The van der Waals surface area contributed by atoms with Gasteiger partial charge in [-0.25, -0.2) is 0 Å². The zero-order valence-electron chi connectivity index (χ0n) is 11.9. The van der Waals surface area contributed by atoms with Crippen LogP contribution in [0.5, 0.6) is 11.5 Å². The van der Waals surface area contributed by atoms with E-state index >= 15 is 0 Å². The summed E-state index contributed by atoms with van der Waals surface area (Å²) >= 11 is 0. The molecule has 110 valence electrons. The molecule has 0 bridgehead atoms. The third-order valence-corrected chi connectivity index (χ3v) is 3.47. The van der Waals surface area contributed by atoms with Crippen molar-refractivity contribution in [2.75, 3.05) is 13.2 Å². The van der Waals surface area contributed by atoms with Crippen molar-refractivity contribution in [1.29, 1.82) is 0 Å². The smallest absolute Gasteiger partial charge is 0.204 e. The highest BCUT2D eigenvalue weighted by atomic mass is 19.2. The van der Waals surface area contributed by atoms with E-state index in [1.807, 2.05) is 0 Å². The van der Waals surface area contributed by atoms with Crippen molar-refractivity contribution in [2.45, 2.75) is 26.7 Å². The number of benzene rings is 1. The van der Waals surface area contributed by atoms with Crippen LogP contribution in [-0.2, 0) is 0 Å². The van der Waals surface area contributed by atoms with Crippen molar-refractivity contribution in [3.05, 3.63) is 35.9 Å². The summed E-state index contributed by atoms with van der Waals surface area (Å²) in [6.45, 7) is 4.54. The predicted molar refractivity (Wildman–Crippen MR) is 74.1 cm³/mol. The first-order valence-corrected chi connectivity index (χ1v) is 7.03. The van der Waals surface area contributed by atoms with E-state index in [2.05, 4.69) is 19.1 Å². The van der Waals surface area contributed by atoms with Gasteiger partial charge in [-0.1, -0.05) is 19.1 Å². The van der Waals surface area contributed by atoms with E-state index < -0.39 is 11.6 Å². The molecule has 0 spiro atoms. The summed E-state index contributed by atoms with van der Waals surface area (Å²) in [5, 5.41) is 0. The minimum absolute atomic E-state index is 0.0574. The lowest BCUT2D eigenvalue weighted by atomic mass is 9.90. The molecule has 1 aliphatic carbocycles. The fourth-order valence-corrected chi connectivity index (χ4v) is 2.24. The molecule has 2 nitrogen and oxygen atoms in total. The second kappa shape index (κ2) is 6.73. The largest absolute Gasteiger partial charge is 0.491 e. The molecule has 0 amide bonds. The van der Waals surface area contributed by atoms with Crippen LogP contribution in [-0.4, -0.2) is 13.2 Å². The lowest BCUT2D eigenvalue weighted by Gasteiger charge is -2.20. The van der Waals surface area contributed by atoms with Crippen LogP contribution < -0.4 is 9.47 Å². The van der Waals surface area contributed by atoms with Crippen LogP contribution in [0, 0.1) is 23.5 Å². The van der Waals surface area contributed by atoms with Crippen molar-refractivity contribution in [2.24, 2.45) is 11.8 Å². The van der Waals surface area contributed by atoms with Crippen LogP contribution in [0.1, 0.15) is 26.7 Å². The van der Waals surface area contributed by atoms with Crippen LogP contribution in [0.2, 0.25) is 0 Å². The van der Waals surface area contributed by atoms with E-state index in [0.29, 0.717) is 19.1 Å². The van der Waals surface area contributed by atoms with E-state index in [-0.39, 0.29) is 17.4 Å². The van der Waals surface area contributed by atoms with Crippen molar-refractivity contribution in [1.82, 2.24) is 0 Å². The van der Waals surface area contributed by atoms with Crippen molar-refractivity contribution in [3.63, 3.8) is 0 Å². The molecule has 0 heterocycles. The lowest BCUT2D eigenvalue weighted by Crippen LogP contribution is -2.15.